The highest BCUT2D eigenvalue weighted by Gasteiger charge is 2.22. The van der Waals surface area contributed by atoms with Crippen molar-refractivity contribution in [2.75, 3.05) is 46.4 Å². The summed E-state index contributed by atoms with van der Waals surface area (Å²) in [6, 6.07) is 15.3. The number of nitrogens with one attached hydrogen (secondary N) is 2. The Labute approximate surface area is 166 Å². The molecule has 1 fully saturated rings. The molecule has 0 radical (unpaired) electrons. The Hall–Kier alpha value is -1.89. The fourth-order valence-electron chi connectivity index (χ4n) is 3.36. The van der Waals surface area contributed by atoms with Crippen molar-refractivity contribution in [2.24, 2.45) is 4.99 Å². The van der Waals surface area contributed by atoms with E-state index in [1.807, 2.05) is 7.05 Å². The summed E-state index contributed by atoms with van der Waals surface area (Å²) in [4.78, 5) is 8.30. The molecular weight excluding hydrogens is 356 g/mol. The molecule has 146 valence electrons. The number of ether oxygens (including phenoxy) is 1. The van der Waals surface area contributed by atoms with Crippen LogP contribution in [-0.2, 0) is 4.74 Å². The van der Waals surface area contributed by atoms with Gasteiger partial charge in [-0.25, -0.2) is 0 Å². The Morgan fingerprint density at radius 2 is 1.85 bits per heavy atom. The number of nitrogens with zero attached hydrogens (tertiary/aromatic N) is 2. The topological polar surface area (TPSA) is 48.9 Å². The Morgan fingerprint density at radius 1 is 1.11 bits per heavy atom. The van der Waals surface area contributed by atoms with Gasteiger partial charge in [0.15, 0.2) is 5.96 Å². The number of thiophene rings is 1. The normalized spacial score (nSPS) is 18.1. The predicted octanol–water partition coefficient (Wildman–Crippen LogP) is 3.09. The van der Waals surface area contributed by atoms with E-state index in [9.17, 15) is 0 Å². The summed E-state index contributed by atoms with van der Waals surface area (Å²) < 4.78 is 5.54. The standard InChI is InChI=1S/C21H30N4OS/c1-17(20-9-6-14-27-20)15-23-21(22-2)24-16-19(18-7-4-3-5-8-18)25-10-12-26-13-11-25/h3-9,14,17,19H,10-13,15-16H2,1-2H3,(H2,22,23,24). The van der Waals surface area contributed by atoms with Crippen molar-refractivity contribution in [2.45, 2.75) is 18.9 Å². The second-order valence-corrected chi connectivity index (χ2v) is 7.80. The van der Waals surface area contributed by atoms with Crippen LogP contribution in [-0.4, -0.2) is 57.3 Å². The molecule has 3 rings (SSSR count). The molecule has 1 aliphatic heterocycles. The molecule has 2 aromatic rings. The maximum atomic E-state index is 5.54. The summed E-state index contributed by atoms with van der Waals surface area (Å²) >= 11 is 1.81. The number of hydrogen-bond donors (Lipinski definition) is 2. The van der Waals surface area contributed by atoms with Gasteiger partial charge in [0.2, 0.25) is 0 Å². The zero-order valence-corrected chi connectivity index (χ0v) is 17.0. The molecule has 0 spiro atoms. The molecule has 0 amide bonds. The van der Waals surface area contributed by atoms with E-state index in [-0.39, 0.29) is 0 Å². The fourth-order valence-corrected chi connectivity index (χ4v) is 4.15. The van der Waals surface area contributed by atoms with Crippen LogP contribution in [0.1, 0.15) is 29.3 Å². The first-order chi connectivity index (χ1) is 13.3. The minimum atomic E-state index is 0.309. The molecule has 27 heavy (non-hydrogen) atoms. The summed E-state index contributed by atoms with van der Waals surface area (Å²) in [6.07, 6.45) is 0. The molecule has 0 bridgehead atoms. The van der Waals surface area contributed by atoms with Crippen molar-refractivity contribution >= 4 is 17.3 Å². The van der Waals surface area contributed by atoms with Crippen LogP contribution in [0.3, 0.4) is 0 Å². The number of aliphatic imine (C=N–C) groups is 1. The van der Waals surface area contributed by atoms with Crippen LogP contribution in [0.5, 0.6) is 0 Å². The van der Waals surface area contributed by atoms with Crippen molar-refractivity contribution in [3.8, 4) is 0 Å². The van der Waals surface area contributed by atoms with Crippen LogP contribution in [0.15, 0.2) is 52.8 Å². The van der Waals surface area contributed by atoms with Gasteiger partial charge in [-0.15, -0.1) is 11.3 Å². The predicted molar refractivity (Wildman–Crippen MR) is 114 cm³/mol. The van der Waals surface area contributed by atoms with E-state index >= 15 is 0 Å². The lowest BCUT2D eigenvalue weighted by Crippen LogP contribution is -2.46. The van der Waals surface area contributed by atoms with Gasteiger partial charge in [-0.05, 0) is 17.0 Å². The van der Waals surface area contributed by atoms with E-state index < -0.39 is 0 Å². The Morgan fingerprint density at radius 3 is 2.52 bits per heavy atom. The molecule has 6 heteroatoms. The first-order valence-electron chi connectivity index (χ1n) is 9.62. The maximum Gasteiger partial charge on any atom is 0.191 e. The van der Waals surface area contributed by atoms with E-state index in [1.54, 1.807) is 11.3 Å². The van der Waals surface area contributed by atoms with Gasteiger partial charge in [-0.2, -0.15) is 0 Å². The molecule has 5 nitrogen and oxygen atoms in total. The summed E-state index contributed by atoms with van der Waals surface area (Å²) in [5.74, 6) is 1.32. The third-order valence-corrected chi connectivity index (χ3v) is 6.07. The summed E-state index contributed by atoms with van der Waals surface area (Å²) in [5.41, 5.74) is 1.33. The monoisotopic (exact) mass is 386 g/mol. The second-order valence-electron chi connectivity index (χ2n) is 6.83. The highest BCUT2D eigenvalue weighted by Crippen LogP contribution is 2.21. The van der Waals surface area contributed by atoms with Crippen LogP contribution in [0.4, 0.5) is 0 Å². The van der Waals surface area contributed by atoms with E-state index in [0.29, 0.717) is 12.0 Å². The minimum Gasteiger partial charge on any atom is -0.379 e. The molecule has 2 atom stereocenters. The van der Waals surface area contributed by atoms with E-state index in [4.69, 9.17) is 4.74 Å². The number of morpholine rings is 1. The quantitative estimate of drug-likeness (QED) is 0.567. The minimum absolute atomic E-state index is 0.309. The van der Waals surface area contributed by atoms with Gasteiger partial charge in [0.25, 0.3) is 0 Å². The highest BCUT2D eigenvalue weighted by atomic mass is 32.1. The van der Waals surface area contributed by atoms with Gasteiger partial charge < -0.3 is 15.4 Å². The van der Waals surface area contributed by atoms with Crippen molar-refractivity contribution < 1.29 is 4.74 Å². The summed E-state index contributed by atoms with van der Waals surface area (Å²) in [6.45, 7) is 7.45. The van der Waals surface area contributed by atoms with Gasteiger partial charge >= 0.3 is 0 Å². The van der Waals surface area contributed by atoms with E-state index in [2.05, 4.69) is 75.3 Å². The summed E-state index contributed by atoms with van der Waals surface area (Å²) in [7, 11) is 1.83. The maximum absolute atomic E-state index is 5.54. The zero-order chi connectivity index (χ0) is 18.9. The van der Waals surface area contributed by atoms with Gasteiger partial charge in [-0.3, -0.25) is 9.89 Å². The van der Waals surface area contributed by atoms with Gasteiger partial charge in [-0.1, -0.05) is 43.3 Å². The average molecular weight is 387 g/mol. The molecule has 1 aliphatic rings. The molecule has 0 aliphatic carbocycles. The van der Waals surface area contributed by atoms with Crippen LogP contribution in [0, 0.1) is 0 Å². The smallest absolute Gasteiger partial charge is 0.191 e. The number of guanidine groups is 1. The summed E-state index contributed by atoms with van der Waals surface area (Å²) in [5, 5.41) is 9.13. The zero-order valence-electron chi connectivity index (χ0n) is 16.2. The number of rotatable bonds is 7. The molecule has 1 aromatic carbocycles. The molecule has 2 heterocycles. The lowest BCUT2D eigenvalue weighted by molar-refractivity contribution is 0.0170. The average Bonchev–Trinajstić information content (AvgIpc) is 3.27. The fraction of sp³-hybridized carbons (Fsp3) is 0.476. The van der Waals surface area contributed by atoms with Gasteiger partial charge in [0, 0.05) is 44.0 Å². The third-order valence-electron chi connectivity index (χ3n) is 4.96. The molecular formula is C21H30N4OS. The Kier molecular flexibility index (Phi) is 7.68. The molecule has 2 N–H and O–H groups in total. The lowest BCUT2D eigenvalue weighted by atomic mass is 10.0. The van der Waals surface area contributed by atoms with Crippen molar-refractivity contribution in [3.05, 3.63) is 58.3 Å². The number of hydrogen-bond acceptors (Lipinski definition) is 4. The molecule has 0 saturated carbocycles. The van der Waals surface area contributed by atoms with Gasteiger partial charge in [0.1, 0.15) is 0 Å². The number of benzene rings is 1. The molecule has 2 unspecified atom stereocenters. The van der Waals surface area contributed by atoms with Crippen LogP contribution < -0.4 is 10.6 Å². The van der Waals surface area contributed by atoms with Crippen molar-refractivity contribution in [1.82, 2.24) is 15.5 Å². The molecule has 1 saturated heterocycles. The van der Waals surface area contributed by atoms with Crippen molar-refractivity contribution in [3.63, 3.8) is 0 Å². The van der Waals surface area contributed by atoms with E-state index in [1.165, 1.54) is 10.4 Å². The third kappa shape index (κ3) is 5.79. The van der Waals surface area contributed by atoms with Gasteiger partial charge in [0.05, 0.1) is 19.3 Å². The first-order valence-corrected chi connectivity index (χ1v) is 10.5. The van der Waals surface area contributed by atoms with Crippen LogP contribution in [0.25, 0.3) is 0 Å². The second kappa shape index (κ2) is 10.4. The first kappa shape index (κ1) is 19.9. The highest BCUT2D eigenvalue weighted by molar-refractivity contribution is 7.10. The SMILES string of the molecule is CN=C(NCC(C)c1cccs1)NCC(c1ccccc1)N1CCOCC1. The van der Waals surface area contributed by atoms with Crippen LogP contribution >= 0.6 is 11.3 Å². The Bertz CT molecular complexity index is 683. The largest absolute Gasteiger partial charge is 0.379 e. The van der Waals surface area contributed by atoms with Crippen LogP contribution in [0.2, 0.25) is 0 Å². The molecule has 1 aromatic heterocycles. The Balaban J connectivity index is 1.57. The van der Waals surface area contributed by atoms with E-state index in [0.717, 1.165) is 45.4 Å². The van der Waals surface area contributed by atoms with Crippen molar-refractivity contribution in [1.29, 1.82) is 0 Å². The lowest BCUT2D eigenvalue weighted by Gasteiger charge is -2.35.